The number of aromatic nitrogens is 2. The van der Waals surface area contributed by atoms with Gasteiger partial charge in [-0.1, -0.05) is 78.9 Å². The maximum Gasteiger partial charge on any atom is 0.115 e. The predicted molar refractivity (Wildman–Crippen MR) is 125 cm³/mol. The number of pyridine rings is 2. The first kappa shape index (κ1) is 18.8. The number of hydrogen-bond acceptors (Lipinski definition) is 3. The molecule has 5 rings (SSSR count). The molecule has 0 spiro atoms. The van der Waals surface area contributed by atoms with Gasteiger partial charge in [0.05, 0.1) is 22.8 Å². The van der Waals surface area contributed by atoms with Crippen LogP contribution in [-0.2, 0) is 0 Å². The summed E-state index contributed by atoms with van der Waals surface area (Å²) in [7, 11) is 0. The van der Waals surface area contributed by atoms with Crippen LogP contribution in [0.15, 0.2) is 115 Å². The van der Waals surface area contributed by atoms with Crippen LogP contribution in [0.2, 0.25) is 0 Å². The molecule has 3 nitrogen and oxygen atoms in total. The monoisotopic (exact) mass is 400 g/mol. The van der Waals surface area contributed by atoms with E-state index in [0.29, 0.717) is 0 Å². The summed E-state index contributed by atoms with van der Waals surface area (Å²) in [5.41, 5.74) is 7.48. The first-order valence-electron chi connectivity index (χ1n) is 10.2. The summed E-state index contributed by atoms with van der Waals surface area (Å²) in [4.78, 5) is 9.96. The Bertz CT molecular complexity index is 1310. The van der Waals surface area contributed by atoms with Gasteiger partial charge in [-0.2, -0.15) is 0 Å². The van der Waals surface area contributed by atoms with Crippen molar-refractivity contribution in [3.8, 4) is 50.8 Å². The van der Waals surface area contributed by atoms with E-state index in [2.05, 4.69) is 30.3 Å². The van der Waals surface area contributed by atoms with E-state index in [1.54, 1.807) is 12.1 Å². The Labute approximate surface area is 181 Å². The smallest absolute Gasteiger partial charge is 0.115 e. The third-order valence-electron chi connectivity index (χ3n) is 5.20. The zero-order chi connectivity index (χ0) is 21.0. The zero-order valence-electron chi connectivity index (χ0n) is 16.8. The van der Waals surface area contributed by atoms with Crippen LogP contribution in [-0.4, -0.2) is 15.1 Å². The molecule has 0 aliphatic rings. The SMILES string of the molecule is Oc1ccc(-c2ccc(-c3ccccc3)nc2-c2cccc(-c3ccccc3)n2)cc1. The van der Waals surface area contributed by atoms with E-state index in [1.165, 1.54) is 0 Å². The highest BCUT2D eigenvalue weighted by Crippen LogP contribution is 2.33. The first-order valence-corrected chi connectivity index (χ1v) is 10.2. The van der Waals surface area contributed by atoms with Gasteiger partial charge in [-0.05, 0) is 42.0 Å². The molecule has 2 heterocycles. The van der Waals surface area contributed by atoms with Crippen molar-refractivity contribution in [2.24, 2.45) is 0 Å². The van der Waals surface area contributed by atoms with E-state index in [9.17, 15) is 5.11 Å². The van der Waals surface area contributed by atoms with Gasteiger partial charge in [0.25, 0.3) is 0 Å². The predicted octanol–water partition coefficient (Wildman–Crippen LogP) is 6.85. The molecule has 0 saturated heterocycles. The molecule has 0 bridgehead atoms. The van der Waals surface area contributed by atoms with E-state index in [4.69, 9.17) is 9.97 Å². The third-order valence-corrected chi connectivity index (χ3v) is 5.20. The topological polar surface area (TPSA) is 46.0 Å². The zero-order valence-corrected chi connectivity index (χ0v) is 16.8. The Morgan fingerprint density at radius 2 is 1.00 bits per heavy atom. The van der Waals surface area contributed by atoms with E-state index < -0.39 is 0 Å². The van der Waals surface area contributed by atoms with E-state index in [0.717, 1.165) is 45.0 Å². The molecule has 3 aromatic carbocycles. The average Bonchev–Trinajstić information content (AvgIpc) is 2.85. The molecule has 0 aliphatic carbocycles. The molecule has 0 amide bonds. The van der Waals surface area contributed by atoms with Crippen molar-refractivity contribution in [2.75, 3.05) is 0 Å². The van der Waals surface area contributed by atoms with Crippen molar-refractivity contribution in [3.63, 3.8) is 0 Å². The molecule has 0 aliphatic heterocycles. The molecule has 0 fully saturated rings. The molecule has 5 aromatic rings. The summed E-state index contributed by atoms with van der Waals surface area (Å²) in [6.45, 7) is 0. The lowest BCUT2D eigenvalue weighted by atomic mass is 9.99. The fourth-order valence-corrected chi connectivity index (χ4v) is 3.63. The Kier molecular flexibility index (Phi) is 4.99. The quantitative estimate of drug-likeness (QED) is 0.359. The van der Waals surface area contributed by atoms with Crippen LogP contribution in [0, 0.1) is 0 Å². The number of phenolic OH excluding ortho intramolecular Hbond substituents is 1. The minimum Gasteiger partial charge on any atom is -0.508 e. The Balaban J connectivity index is 1.69. The van der Waals surface area contributed by atoms with Crippen LogP contribution in [0.5, 0.6) is 5.75 Å². The van der Waals surface area contributed by atoms with Crippen molar-refractivity contribution in [2.45, 2.75) is 0 Å². The van der Waals surface area contributed by atoms with Crippen LogP contribution in [0.4, 0.5) is 0 Å². The standard InChI is InChI=1S/C28H20N2O/c31-23-16-14-20(15-17-23)24-18-19-26(22-10-5-2-6-11-22)30-28(24)27-13-7-12-25(29-27)21-8-3-1-4-9-21/h1-19,31H. The molecule has 1 N–H and O–H groups in total. The second kappa shape index (κ2) is 8.25. The van der Waals surface area contributed by atoms with Crippen LogP contribution in [0.25, 0.3) is 45.0 Å². The lowest BCUT2D eigenvalue weighted by Gasteiger charge is -2.12. The molecule has 31 heavy (non-hydrogen) atoms. The highest BCUT2D eigenvalue weighted by molar-refractivity contribution is 5.82. The van der Waals surface area contributed by atoms with Crippen molar-refractivity contribution < 1.29 is 5.11 Å². The largest absolute Gasteiger partial charge is 0.508 e. The second-order valence-corrected chi connectivity index (χ2v) is 7.28. The van der Waals surface area contributed by atoms with Crippen LogP contribution < -0.4 is 0 Å². The molecule has 0 saturated carbocycles. The average molecular weight is 400 g/mol. The molecule has 3 heteroatoms. The number of rotatable bonds is 4. The Morgan fingerprint density at radius 1 is 0.419 bits per heavy atom. The summed E-state index contributed by atoms with van der Waals surface area (Å²) in [5.74, 6) is 0.239. The van der Waals surface area contributed by atoms with Gasteiger partial charge in [0.15, 0.2) is 0 Å². The fraction of sp³-hybridized carbons (Fsp3) is 0. The van der Waals surface area contributed by atoms with Crippen LogP contribution in [0.1, 0.15) is 0 Å². The van der Waals surface area contributed by atoms with Gasteiger partial charge in [0, 0.05) is 16.7 Å². The van der Waals surface area contributed by atoms with Crippen molar-refractivity contribution in [1.29, 1.82) is 0 Å². The van der Waals surface area contributed by atoms with Crippen LogP contribution >= 0.6 is 0 Å². The number of hydrogen-bond donors (Lipinski definition) is 1. The van der Waals surface area contributed by atoms with E-state index in [1.807, 2.05) is 72.8 Å². The van der Waals surface area contributed by atoms with E-state index in [-0.39, 0.29) is 5.75 Å². The molecular formula is C28H20N2O. The minimum absolute atomic E-state index is 0.239. The highest BCUT2D eigenvalue weighted by Gasteiger charge is 2.14. The summed E-state index contributed by atoms with van der Waals surface area (Å²) in [6, 6.07) is 37.6. The lowest BCUT2D eigenvalue weighted by Crippen LogP contribution is -1.96. The summed E-state index contributed by atoms with van der Waals surface area (Å²) >= 11 is 0. The maximum atomic E-state index is 9.72. The van der Waals surface area contributed by atoms with Crippen molar-refractivity contribution >= 4 is 0 Å². The molecule has 0 unspecified atom stereocenters. The van der Waals surface area contributed by atoms with Gasteiger partial charge in [-0.3, -0.25) is 0 Å². The van der Waals surface area contributed by atoms with Gasteiger partial charge < -0.3 is 5.11 Å². The highest BCUT2D eigenvalue weighted by atomic mass is 16.3. The Morgan fingerprint density at radius 3 is 1.65 bits per heavy atom. The normalized spacial score (nSPS) is 10.7. The van der Waals surface area contributed by atoms with Crippen molar-refractivity contribution in [1.82, 2.24) is 9.97 Å². The maximum absolute atomic E-state index is 9.72. The Hall–Kier alpha value is -4.24. The molecule has 0 radical (unpaired) electrons. The molecule has 0 atom stereocenters. The molecule has 2 aromatic heterocycles. The van der Waals surface area contributed by atoms with Gasteiger partial charge in [0.2, 0.25) is 0 Å². The van der Waals surface area contributed by atoms with Gasteiger partial charge in [0.1, 0.15) is 5.75 Å². The minimum atomic E-state index is 0.239. The first-order chi connectivity index (χ1) is 15.3. The lowest BCUT2D eigenvalue weighted by molar-refractivity contribution is 0.475. The number of aromatic hydroxyl groups is 1. The molecule has 148 valence electrons. The van der Waals surface area contributed by atoms with E-state index >= 15 is 0 Å². The molecular weight excluding hydrogens is 380 g/mol. The van der Waals surface area contributed by atoms with Crippen molar-refractivity contribution in [3.05, 3.63) is 115 Å². The number of nitrogens with zero attached hydrogens (tertiary/aromatic N) is 2. The number of benzene rings is 3. The second-order valence-electron chi connectivity index (χ2n) is 7.28. The summed E-state index contributed by atoms with van der Waals surface area (Å²) < 4.78 is 0. The van der Waals surface area contributed by atoms with Crippen LogP contribution in [0.3, 0.4) is 0 Å². The third kappa shape index (κ3) is 3.94. The summed E-state index contributed by atoms with van der Waals surface area (Å²) in [5, 5.41) is 9.72. The summed E-state index contributed by atoms with van der Waals surface area (Å²) in [6.07, 6.45) is 0. The fourth-order valence-electron chi connectivity index (χ4n) is 3.63. The van der Waals surface area contributed by atoms with Gasteiger partial charge in [-0.25, -0.2) is 9.97 Å². The number of phenols is 1. The van der Waals surface area contributed by atoms with Gasteiger partial charge >= 0.3 is 0 Å². The van der Waals surface area contributed by atoms with Gasteiger partial charge in [-0.15, -0.1) is 0 Å².